The fraction of sp³-hybridized carbons (Fsp3) is 0.0370. The summed E-state index contributed by atoms with van der Waals surface area (Å²) >= 11 is 12.0. The molecule has 168 valence electrons. The van der Waals surface area contributed by atoms with Crippen molar-refractivity contribution in [2.75, 3.05) is 4.90 Å². The summed E-state index contributed by atoms with van der Waals surface area (Å²) in [5.74, 6) is -2.66. The first kappa shape index (κ1) is 22.1. The highest BCUT2D eigenvalue weighted by molar-refractivity contribution is 6.52. The Balaban J connectivity index is 1.78. The molecule has 1 aliphatic rings. The number of fused-ring (bicyclic) bond motifs is 1. The number of amides is 1. The average Bonchev–Trinajstić information content (AvgIpc) is 3.11. The number of nitrogens with zero attached hydrogens (tertiary/aromatic N) is 1. The predicted octanol–water partition coefficient (Wildman–Crippen LogP) is 6.91. The van der Waals surface area contributed by atoms with Crippen molar-refractivity contribution in [3.05, 3.63) is 117 Å². The second-order valence-electron chi connectivity index (χ2n) is 7.85. The molecule has 4 aromatic carbocycles. The van der Waals surface area contributed by atoms with Crippen LogP contribution in [0.5, 0.6) is 0 Å². The highest BCUT2D eigenvalue weighted by Crippen LogP contribution is 2.43. The van der Waals surface area contributed by atoms with E-state index in [1.165, 1.54) is 17.0 Å². The summed E-state index contributed by atoms with van der Waals surface area (Å²) in [6, 6.07) is 22.2. The van der Waals surface area contributed by atoms with Gasteiger partial charge in [-0.05, 0) is 46.7 Å². The van der Waals surface area contributed by atoms with Gasteiger partial charge in [0.25, 0.3) is 11.7 Å². The molecule has 0 bridgehead atoms. The van der Waals surface area contributed by atoms with E-state index >= 15 is 0 Å². The molecule has 4 nitrogen and oxygen atoms in total. The van der Waals surface area contributed by atoms with E-state index in [9.17, 15) is 19.1 Å². The number of anilines is 1. The molecule has 0 aliphatic carbocycles. The molecule has 1 N–H and O–H groups in total. The molecule has 7 heteroatoms. The molecular weight excluding hydrogens is 476 g/mol. The Labute approximate surface area is 204 Å². The topological polar surface area (TPSA) is 57.6 Å². The van der Waals surface area contributed by atoms with Gasteiger partial charge in [0.05, 0.1) is 16.6 Å². The Bertz CT molecular complexity index is 1490. The van der Waals surface area contributed by atoms with Crippen LogP contribution in [0.15, 0.2) is 90.5 Å². The number of aliphatic hydroxyl groups excluding tert-OH is 1. The zero-order valence-electron chi connectivity index (χ0n) is 17.5. The first-order chi connectivity index (χ1) is 16.4. The summed E-state index contributed by atoms with van der Waals surface area (Å²) in [5, 5.41) is 13.3. The summed E-state index contributed by atoms with van der Waals surface area (Å²) in [4.78, 5) is 27.7. The van der Waals surface area contributed by atoms with Gasteiger partial charge in [-0.3, -0.25) is 14.5 Å². The van der Waals surface area contributed by atoms with Crippen LogP contribution in [0.4, 0.5) is 10.1 Å². The molecule has 1 heterocycles. The first-order valence-electron chi connectivity index (χ1n) is 10.4. The van der Waals surface area contributed by atoms with Gasteiger partial charge in [-0.1, -0.05) is 77.8 Å². The SMILES string of the molecule is O=C1C(=O)N(c2ccc(F)c(Cl)c2)C(c2ccc(Cl)cc2)/C1=C(/O)c1cccc2ccccc12. The number of Topliss-reactive ketones (excluding diaryl/α,β-unsaturated/α-hetero) is 1. The number of halogens is 3. The molecule has 1 atom stereocenters. The quantitative estimate of drug-likeness (QED) is 0.192. The van der Waals surface area contributed by atoms with Crippen molar-refractivity contribution < 1.29 is 19.1 Å². The third-order valence-electron chi connectivity index (χ3n) is 5.86. The summed E-state index contributed by atoms with van der Waals surface area (Å²) in [6.45, 7) is 0. The van der Waals surface area contributed by atoms with Gasteiger partial charge in [0.1, 0.15) is 11.6 Å². The maximum atomic E-state index is 13.8. The van der Waals surface area contributed by atoms with Gasteiger partial charge in [0.15, 0.2) is 0 Å². The lowest BCUT2D eigenvalue weighted by molar-refractivity contribution is -0.132. The molecular formula is C27H16Cl2FNO3. The normalized spacial score (nSPS) is 17.5. The number of benzene rings is 4. The van der Waals surface area contributed by atoms with Gasteiger partial charge in [-0.15, -0.1) is 0 Å². The molecule has 1 amide bonds. The molecule has 1 aliphatic heterocycles. The van der Waals surface area contributed by atoms with Gasteiger partial charge in [-0.25, -0.2) is 4.39 Å². The number of hydrogen-bond donors (Lipinski definition) is 1. The highest BCUT2D eigenvalue weighted by Gasteiger charge is 2.47. The van der Waals surface area contributed by atoms with Gasteiger partial charge >= 0.3 is 0 Å². The molecule has 1 fully saturated rings. The highest BCUT2D eigenvalue weighted by atomic mass is 35.5. The Morgan fingerprint density at radius 2 is 1.59 bits per heavy atom. The van der Waals surface area contributed by atoms with Crippen LogP contribution in [0.25, 0.3) is 16.5 Å². The second-order valence-corrected chi connectivity index (χ2v) is 8.69. The smallest absolute Gasteiger partial charge is 0.300 e. The summed E-state index contributed by atoms with van der Waals surface area (Å²) < 4.78 is 13.8. The molecule has 34 heavy (non-hydrogen) atoms. The third-order valence-corrected chi connectivity index (χ3v) is 6.40. The van der Waals surface area contributed by atoms with Crippen molar-refractivity contribution in [3.8, 4) is 0 Å². The number of ketones is 1. The van der Waals surface area contributed by atoms with E-state index in [2.05, 4.69) is 0 Å². The fourth-order valence-electron chi connectivity index (χ4n) is 4.27. The largest absolute Gasteiger partial charge is 0.507 e. The first-order valence-corrected chi connectivity index (χ1v) is 11.1. The average molecular weight is 492 g/mol. The van der Waals surface area contributed by atoms with Crippen LogP contribution in [-0.4, -0.2) is 16.8 Å². The van der Waals surface area contributed by atoms with Crippen LogP contribution in [0.1, 0.15) is 17.2 Å². The third kappa shape index (κ3) is 3.63. The van der Waals surface area contributed by atoms with E-state index in [1.54, 1.807) is 36.4 Å². The molecule has 0 spiro atoms. The zero-order valence-corrected chi connectivity index (χ0v) is 19.0. The zero-order chi connectivity index (χ0) is 24.0. The molecule has 5 rings (SSSR count). The second kappa shape index (κ2) is 8.60. The molecule has 4 aromatic rings. The Morgan fingerprint density at radius 3 is 2.32 bits per heavy atom. The number of carbonyl (C=O) groups is 2. The monoisotopic (exact) mass is 491 g/mol. The van der Waals surface area contributed by atoms with Crippen LogP contribution in [0, 0.1) is 5.82 Å². The molecule has 0 aromatic heterocycles. The lowest BCUT2D eigenvalue weighted by Crippen LogP contribution is -2.29. The Hall–Kier alpha value is -3.67. The minimum absolute atomic E-state index is 0.0795. The Morgan fingerprint density at radius 1 is 0.882 bits per heavy atom. The van der Waals surface area contributed by atoms with Crippen LogP contribution in [-0.2, 0) is 9.59 Å². The van der Waals surface area contributed by atoms with Crippen LogP contribution in [0.2, 0.25) is 10.0 Å². The van der Waals surface area contributed by atoms with E-state index in [1.807, 2.05) is 30.3 Å². The van der Waals surface area contributed by atoms with Gasteiger partial charge in [-0.2, -0.15) is 0 Å². The van der Waals surface area contributed by atoms with E-state index in [0.29, 0.717) is 16.1 Å². The lowest BCUT2D eigenvalue weighted by atomic mass is 9.93. The van der Waals surface area contributed by atoms with E-state index < -0.39 is 23.5 Å². The van der Waals surface area contributed by atoms with Crippen LogP contribution < -0.4 is 4.90 Å². The molecule has 0 saturated carbocycles. The van der Waals surface area contributed by atoms with Crippen molar-refractivity contribution >= 4 is 57.1 Å². The predicted molar refractivity (Wildman–Crippen MR) is 132 cm³/mol. The number of aliphatic hydroxyl groups is 1. The maximum Gasteiger partial charge on any atom is 0.300 e. The van der Waals surface area contributed by atoms with Gasteiger partial charge < -0.3 is 5.11 Å². The maximum absolute atomic E-state index is 13.8. The molecule has 1 saturated heterocycles. The van der Waals surface area contributed by atoms with Crippen molar-refractivity contribution in [2.24, 2.45) is 0 Å². The number of hydrogen-bond acceptors (Lipinski definition) is 3. The summed E-state index contributed by atoms with van der Waals surface area (Å²) in [5.41, 5.74) is 1.12. The van der Waals surface area contributed by atoms with E-state index in [4.69, 9.17) is 23.2 Å². The molecule has 0 radical (unpaired) electrons. The van der Waals surface area contributed by atoms with Crippen LogP contribution in [0.3, 0.4) is 0 Å². The minimum Gasteiger partial charge on any atom is -0.507 e. The van der Waals surface area contributed by atoms with Crippen molar-refractivity contribution in [3.63, 3.8) is 0 Å². The Kier molecular flexibility index (Phi) is 5.60. The van der Waals surface area contributed by atoms with E-state index in [0.717, 1.165) is 16.8 Å². The molecule has 1 unspecified atom stereocenters. The van der Waals surface area contributed by atoms with Gasteiger partial charge in [0, 0.05) is 16.3 Å². The minimum atomic E-state index is -0.974. The van der Waals surface area contributed by atoms with Crippen LogP contribution >= 0.6 is 23.2 Å². The van der Waals surface area contributed by atoms with E-state index in [-0.39, 0.29) is 22.0 Å². The number of carbonyl (C=O) groups excluding carboxylic acids is 2. The van der Waals surface area contributed by atoms with Crippen molar-refractivity contribution in [1.29, 1.82) is 0 Å². The summed E-state index contributed by atoms with van der Waals surface area (Å²) in [7, 11) is 0. The standard InChI is InChI=1S/C27H16Cl2FNO3/c28-17-10-8-16(9-11-17)24-23(25(32)20-7-3-5-15-4-1-2-6-19(15)20)26(33)27(34)31(24)18-12-13-22(30)21(29)14-18/h1-14,24,32H/b25-23-. The van der Waals surface area contributed by atoms with Gasteiger partial charge in [0.2, 0.25) is 0 Å². The van der Waals surface area contributed by atoms with Crippen molar-refractivity contribution in [2.45, 2.75) is 6.04 Å². The van der Waals surface area contributed by atoms with Crippen molar-refractivity contribution in [1.82, 2.24) is 0 Å². The lowest BCUT2D eigenvalue weighted by Gasteiger charge is -2.25. The number of rotatable bonds is 3. The fourth-order valence-corrected chi connectivity index (χ4v) is 4.57. The summed E-state index contributed by atoms with van der Waals surface area (Å²) in [6.07, 6.45) is 0.